The van der Waals surface area contributed by atoms with Crippen LogP contribution in [0.2, 0.25) is 0 Å². The van der Waals surface area contributed by atoms with Crippen LogP contribution < -0.4 is 10.2 Å². The van der Waals surface area contributed by atoms with Gasteiger partial charge in [-0.1, -0.05) is 54.6 Å². The van der Waals surface area contributed by atoms with Gasteiger partial charge in [0.15, 0.2) is 11.6 Å². The topological polar surface area (TPSA) is 46.5 Å². The van der Waals surface area contributed by atoms with Crippen molar-refractivity contribution in [3.8, 4) is 17.0 Å². The van der Waals surface area contributed by atoms with E-state index in [1.54, 1.807) is 6.21 Å². The minimum Gasteiger partial charge on any atom is -0.486 e. The fourth-order valence-corrected chi connectivity index (χ4v) is 3.43. The summed E-state index contributed by atoms with van der Waals surface area (Å²) in [7, 11) is 0. The highest BCUT2D eigenvalue weighted by atomic mass is 32.1. The zero-order valence-corrected chi connectivity index (χ0v) is 16.6. The van der Waals surface area contributed by atoms with Gasteiger partial charge in [-0.15, -0.1) is 11.3 Å². The van der Waals surface area contributed by atoms with Crippen molar-refractivity contribution < 1.29 is 13.5 Å². The first kappa shape index (κ1) is 19.7. The first-order chi connectivity index (χ1) is 14.7. The molecular formula is C23H17F2N3OS. The molecule has 3 aromatic carbocycles. The molecule has 4 aromatic rings. The molecule has 0 bridgehead atoms. The molecule has 0 amide bonds. The summed E-state index contributed by atoms with van der Waals surface area (Å²) >= 11 is 1.46. The largest absolute Gasteiger partial charge is 0.486 e. The lowest BCUT2D eigenvalue weighted by Gasteiger charge is -2.09. The van der Waals surface area contributed by atoms with Crippen LogP contribution in [0.25, 0.3) is 11.3 Å². The number of nitrogens with zero attached hydrogens (tertiary/aromatic N) is 2. The van der Waals surface area contributed by atoms with Crippen LogP contribution in [0.5, 0.6) is 5.75 Å². The molecule has 0 saturated carbocycles. The Morgan fingerprint density at radius 1 is 1.00 bits per heavy atom. The van der Waals surface area contributed by atoms with Gasteiger partial charge in [0, 0.05) is 22.6 Å². The van der Waals surface area contributed by atoms with Crippen LogP contribution in [-0.2, 0) is 6.61 Å². The summed E-state index contributed by atoms with van der Waals surface area (Å²) in [5.41, 5.74) is 6.49. The van der Waals surface area contributed by atoms with Crippen LogP contribution in [0.1, 0.15) is 11.1 Å². The van der Waals surface area contributed by atoms with Crippen molar-refractivity contribution in [3.05, 3.63) is 101 Å². The average molecular weight is 421 g/mol. The standard InChI is InChI=1S/C23H17F2N3OS/c24-19-10-11-22(20(25)12-19)29-14-18-9-5-4-8-17(18)13-26-28-23-27-21(15-30-23)16-6-2-1-3-7-16/h1-13,15H,14H2,(H,27,28). The lowest BCUT2D eigenvalue weighted by molar-refractivity contribution is 0.289. The summed E-state index contributed by atoms with van der Waals surface area (Å²) in [5, 5.41) is 6.90. The van der Waals surface area contributed by atoms with E-state index in [0.717, 1.165) is 34.5 Å². The smallest absolute Gasteiger partial charge is 0.203 e. The Bertz CT molecular complexity index is 1160. The van der Waals surface area contributed by atoms with Crippen molar-refractivity contribution in [3.63, 3.8) is 0 Å². The summed E-state index contributed by atoms with van der Waals surface area (Å²) in [6.45, 7) is 0.125. The van der Waals surface area contributed by atoms with Crippen LogP contribution in [0.3, 0.4) is 0 Å². The maximum absolute atomic E-state index is 13.8. The number of hydrazone groups is 1. The molecule has 0 aliphatic carbocycles. The third-order valence-electron chi connectivity index (χ3n) is 4.27. The van der Waals surface area contributed by atoms with E-state index >= 15 is 0 Å². The summed E-state index contributed by atoms with van der Waals surface area (Å²) in [4.78, 5) is 4.52. The number of hydrogen-bond acceptors (Lipinski definition) is 5. The molecule has 30 heavy (non-hydrogen) atoms. The number of halogens is 2. The molecule has 0 unspecified atom stereocenters. The second-order valence-electron chi connectivity index (χ2n) is 6.34. The number of rotatable bonds is 7. The first-order valence-electron chi connectivity index (χ1n) is 9.15. The Balaban J connectivity index is 1.41. The Hall–Kier alpha value is -3.58. The van der Waals surface area contributed by atoms with Crippen molar-refractivity contribution >= 4 is 22.7 Å². The number of anilines is 1. The third-order valence-corrected chi connectivity index (χ3v) is 5.02. The van der Waals surface area contributed by atoms with Gasteiger partial charge in [0.05, 0.1) is 11.9 Å². The van der Waals surface area contributed by atoms with Crippen LogP contribution >= 0.6 is 11.3 Å². The van der Waals surface area contributed by atoms with Crippen LogP contribution in [0, 0.1) is 11.6 Å². The Morgan fingerprint density at radius 3 is 2.63 bits per heavy atom. The molecule has 150 valence electrons. The zero-order valence-electron chi connectivity index (χ0n) is 15.8. The predicted molar refractivity (Wildman–Crippen MR) is 116 cm³/mol. The highest BCUT2D eigenvalue weighted by molar-refractivity contribution is 7.14. The number of aromatic nitrogens is 1. The number of hydrogen-bond donors (Lipinski definition) is 1. The van der Waals surface area contributed by atoms with Gasteiger partial charge < -0.3 is 4.74 Å². The van der Waals surface area contributed by atoms with Crippen LogP contribution in [-0.4, -0.2) is 11.2 Å². The van der Waals surface area contributed by atoms with Crippen LogP contribution in [0.4, 0.5) is 13.9 Å². The first-order valence-corrected chi connectivity index (χ1v) is 10.0. The second kappa shape index (κ2) is 9.28. The van der Waals surface area contributed by atoms with Crippen molar-refractivity contribution in [2.75, 3.05) is 5.43 Å². The average Bonchev–Trinajstić information content (AvgIpc) is 3.24. The van der Waals surface area contributed by atoms with Crippen molar-refractivity contribution in [1.29, 1.82) is 0 Å². The summed E-state index contributed by atoms with van der Waals surface area (Å²) in [5.74, 6) is -1.38. The Labute approximate surface area is 176 Å². The van der Waals surface area contributed by atoms with Gasteiger partial charge in [0.2, 0.25) is 5.13 Å². The molecule has 1 aromatic heterocycles. The van der Waals surface area contributed by atoms with E-state index < -0.39 is 11.6 Å². The molecule has 0 saturated heterocycles. The SMILES string of the molecule is Fc1ccc(OCc2ccccc2C=NNc2nc(-c3ccccc3)cs2)c(F)c1. The van der Waals surface area contributed by atoms with Gasteiger partial charge in [-0.25, -0.2) is 13.8 Å². The second-order valence-corrected chi connectivity index (χ2v) is 7.19. The van der Waals surface area contributed by atoms with Gasteiger partial charge in [-0.3, -0.25) is 5.43 Å². The van der Waals surface area contributed by atoms with Gasteiger partial charge in [0.1, 0.15) is 12.4 Å². The van der Waals surface area contributed by atoms with E-state index in [1.165, 1.54) is 17.4 Å². The number of ether oxygens (including phenoxy) is 1. The Morgan fingerprint density at radius 2 is 1.80 bits per heavy atom. The molecule has 0 aliphatic rings. The zero-order chi connectivity index (χ0) is 20.8. The minimum absolute atomic E-state index is 0.00232. The lowest BCUT2D eigenvalue weighted by Crippen LogP contribution is -2.02. The van der Waals surface area contributed by atoms with E-state index in [-0.39, 0.29) is 12.4 Å². The van der Waals surface area contributed by atoms with Crippen molar-refractivity contribution in [2.45, 2.75) is 6.61 Å². The maximum atomic E-state index is 13.8. The normalized spacial score (nSPS) is 11.0. The fourth-order valence-electron chi connectivity index (χ4n) is 2.76. The molecule has 1 N–H and O–H groups in total. The monoisotopic (exact) mass is 421 g/mol. The number of nitrogens with one attached hydrogen (secondary N) is 1. The Kier molecular flexibility index (Phi) is 6.10. The summed E-state index contributed by atoms with van der Waals surface area (Å²) in [6, 6.07) is 20.6. The molecule has 0 atom stereocenters. The van der Waals surface area contributed by atoms with Gasteiger partial charge in [0.25, 0.3) is 0 Å². The molecule has 7 heteroatoms. The third kappa shape index (κ3) is 4.87. The highest BCUT2D eigenvalue weighted by Crippen LogP contribution is 2.24. The van der Waals surface area contributed by atoms with E-state index in [4.69, 9.17) is 4.74 Å². The number of thiazole rings is 1. The van der Waals surface area contributed by atoms with E-state index in [9.17, 15) is 8.78 Å². The maximum Gasteiger partial charge on any atom is 0.203 e. The quantitative estimate of drug-likeness (QED) is 0.289. The van der Waals surface area contributed by atoms with Crippen LogP contribution in [0.15, 0.2) is 83.3 Å². The molecular weight excluding hydrogens is 404 g/mol. The summed E-state index contributed by atoms with van der Waals surface area (Å²) < 4.78 is 32.3. The fraction of sp³-hybridized carbons (Fsp3) is 0.0435. The molecule has 1 heterocycles. The van der Waals surface area contributed by atoms with E-state index in [1.807, 2.05) is 60.0 Å². The van der Waals surface area contributed by atoms with Gasteiger partial charge in [-0.2, -0.15) is 5.10 Å². The lowest BCUT2D eigenvalue weighted by atomic mass is 10.1. The predicted octanol–water partition coefficient (Wildman–Crippen LogP) is 6.11. The van der Waals surface area contributed by atoms with Gasteiger partial charge >= 0.3 is 0 Å². The minimum atomic E-state index is -0.735. The van der Waals surface area contributed by atoms with E-state index in [2.05, 4.69) is 15.5 Å². The molecule has 0 spiro atoms. The van der Waals surface area contributed by atoms with Crippen molar-refractivity contribution in [1.82, 2.24) is 4.98 Å². The molecule has 0 aliphatic heterocycles. The molecule has 4 rings (SSSR count). The highest BCUT2D eigenvalue weighted by Gasteiger charge is 2.07. The summed E-state index contributed by atoms with van der Waals surface area (Å²) in [6.07, 6.45) is 1.66. The van der Waals surface area contributed by atoms with Crippen molar-refractivity contribution in [2.24, 2.45) is 5.10 Å². The number of benzene rings is 3. The van der Waals surface area contributed by atoms with Gasteiger partial charge in [-0.05, 0) is 17.7 Å². The van der Waals surface area contributed by atoms with E-state index in [0.29, 0.717) is 5.13 Å². The molecule has 0 radical (unpaired) electrons. The molecule has 0 fully saturated rings. The molecule has 4 nitrogen and oxygen atoms in total.